The third-order valence-corrected chi connectivity index (χ3v) is 4.44. The van der Waals surface area contributed by atoms with Crippen LogP contribution in [0.15, 0.2) is 17.2 Å². The van der Waals surface area contributed by atoms with Gasteiger partial charge >= 0.3 is 0 Å². The SMILES string of the molecule is CC(C)n1cc(S(=O)(=O)NCCCN(C)C)cc1CO. The van der Waals surface area contributed by atoms with E-state index in [-0.39, 0.29) is 17.5 Å². The van der Waals surface area contributed by atoms with Gasteiger partial charge in [-0.15, -0.1) is 0 Å². The van der Waals surface area contributed by atoms with Crippen LogP contribution in [0.4, 0.5) is 0 Å². The molecule has 0 fully saturated rings. The number of sulfonamides is 1. The highest BCUT2D eigenvalue weighted by Crippen LogP contribution is 2.18. The number of nitrogens with one attached hydrogen (secondary N) is 1. The molecule has 1 aromatic heterocycles. The van der Waals surface area contributed by atoms with E-state index in [9.17, 15) is 13.5 Å². The first-order chi connectivity index (χ1) is 9.27. The lowest BCUT2D eigenvalue weighted by atomic mass is 10.3. The number of aromatic nitrogens is 1. The second kappa shape index (κ2) is 7.21. The van der Waals surface area contributed by atoms with E-state index in [1.54, 1.807) is 10.8 Å². The maximum atomic E-state index is 12.2. The molecule has 7 heteroatoms. The summed E-state index contributed by atoms with van der Waals surface area (Å²) in [5, 5.41) is 9.28. The van der Waals surface area contributed by atoms with Gasteiger partial charge in [0, 0.05) is 24.5 Å². The second-order valence-corrected chi connectivity index (χ2v) is 7.15. The molecule has 1 aromatic rings. The van der Waals surface area contributed by atoms with Crippen LogP contribution >= 0.6 is 0 Å². The summed E-state index contributed by atoms with van der Waals surface area (Å²) in [4.78, 5) is 2.22. The zero-order chi connectivity index (χ0) is 15.3. The lowest BCUT2D eigenvalue weighted by molar-refractivity contribution is 0.268. The number of nitrogens with zero attached hydrogens (tertiary/aromatic N) is 2. The molecule has 0 aliphatic heterocycles. The van der Waals surface area contributed by atoms with Gasteiger partial charge in [0.2, 0.25) is 10.0 Å². The number of aliphatic hydroxyl groups excluding tert-OH is 1. The Kier molecular flexibility index (Phi) is 6.19. The Bertz CT molecular complexity index is 521. The van der Waals surface area contributed by atoms with Crippen molar-refractivity contribution in [3.8, 4) is 0 Å². The third kappa shape index (κ3) is 4.59. The van der Waals surface area contributed by atoms with Crippen molar-refractivity contribution in [2.24, 2.45) is 0 Å². The summed E-state index contributed by atoms with van der Waals surface area (Å²) in [7, 11) is 0.394. The molecular formula is C13H25N3O3S. The average Bonchev–Trinajstić information content (AvgIpc) is 2.79. The van der Waals surface area contributed by atoms with E-state index in [1.165, 1.54) is 6.07 Å². The summed E-state index contributed by atoms with van der Waals surface area (Å²) in [5.74, 6) is 0. The van der Waals surface area contributed by atoms with E-state index in [2.05, 4.69) is 4.72 Å². The second-order valence-electron chi connectivity index (χ2n) is 5.38. The largest absolute Gasteiger partial charge is 0.390 e. The Hall–Kier alpha value is -0.890. The summed E-state index contributed by atoms with van der Waals surface area (Å²) in [6, 6.07) is 1.63. The van der Waals surface area contributed by atoms with Crippen LogP contribution in [0.5, 0.6) is 0 Å². The molecule has 1 rings (SSSR count). The minimum atomic E-state index is -3.50. The van der Waals surface area contributed by atoms with Crippen LogP contribution in [-0.2, 0) is 16.6 Å². The van der Waals surface area contributed by atoms with Crippen molar-refractivity contribution >= 4 is 10.0 Å². The summed E-state index contributed by atoms with van der Waals surface area (Å²) in [5.41, 5.74) is 0.605. The molecule has 0 spiro atoms. The number of rotatable bonds is 8. The van der Waals surface area contributed by atoms with E-state index in [0.717, 1.165) is 13.0 Å². The zero-order valence-corrected chi connectivity index (χ0v) is 13.4. The van der Waals surface area contributed by atoms with Crippen LogP contribution in [0, 0.1) is 0 Å². The van der Waals surface area contributed by atoms with E-state index in [0.29, 0.717) is 12.2 Å². The number of aliphatic hydroxyl groups is 1. The summed E-state index contributed by atoms with van der Waals surface area (Å²) >= 11 is 0. The van der Waals surface area contributed by atoms with Gasteiger partial charge < -0.3 is 14.6 Å². The van der Waals surface area contributed by atoms with E-state index >= 15 is 0 Å². The molecule has 0 bridgehead atoms. The highest BCUT2D eigenvalue weighted by atomic mass is 32.2. The molecule has 0 radical (unpaired) electrons. The van der Waals surface area contributed by atoms with Crippen LogP contribution in [0.3, 0.4) is 0 Å². The molecule has 0 saturated carbocycles. The fourth-order valence-electron chi connectivity index (χ4n) is 1.94. The molecule has 116 valence electrons. The molecule has 0 aliphatic rings. The lowest BCUT2D eigenvalue weighted by Gasteiger charge is -2.10. The first-order valence-electron chi connectivity index (χ1n) is 6.74. The van der Waals surface area contributed by atoms with Crippen molar-refractivity contribution < 1.29 is 13.5 Å². The smallest absolute Gasteiger partial charge is 0.242 e. The van der Waals surface area contributed by atoms with E-state index < -0.39 is 10.0 Å². The first kappa shape index (κ1) is 17.2. The van der Waals surface area contributed by atoms with E-state index in [4.69, 9.17) is 0 Å². The van der Waals surface area contributed by atoms with Gasteiger partial charge in [-0.2, -0.15) is 0 Å². The van der Waals surface area contributed by atoms with Gasteiger partial charge in [0.1, 0.15) is 0 Å². The summed E-state index contributed by atoms with van der Waals surface area (Å²) in [6.07, 6.45) is 2.33. The first-order valence-corrected chi connectivity index (χ1v) is 8.22. The molecule has 0 aromatic carbocycles. The molecular weight excluding hydrogens is 278 g/mol. The minimum Gasteiger partial charge on any atom is -0.390 e. The normalized spacial score (nSPS) is 12.6. The van der Waals surface area contributed by atoms with Crippen LogP contribution < -0.4 is 4.72 Å². The molecule has 0 amide bonds. The quantitative estimate of drug-likeness (QED) is 0.696. The standard InChI is InChI=1S/C13H25N3O3S/c1-11(2)16-9-13(8-12(16)10-17)20(18,19)14-6-5-7-15(3)4/h8-9,11,14,17H,5-7,10H2,1-4H3. The Labute approximate surface area is 121 Å². The van der Waals surface area contributed by atoms with Crippen molar-refractivity contribution in [3.63, 3.8) is 0 Å². The van der Waals surface area contributed by atoms with Crippen molar-refractivity contribution in [2.75, 3.05) is 27.2 Å². The fourth-order valence-corrected chi connectivity index (χ4v) is 3.06. The molecule has 0 atom stereocenters. The highest BCUT2D eigenvalue weighted by Gasteiger charge is 2.18. The highest BCUT2D eigenvalue weighted by molar-refractivity contribution is 7.89. The monoisotopic (exact) mass is 303 g/mol. The summed E-state index contributed by atoms with van der Waals surface area (Å²) < 4.78 is 28.7. The third-order valence-electron chi connectivity index (χ3n) is 3.01. The predicted molar refractivity (Wildman–Crippen MR) is 79.1 cm³/mol. The van der Waals surface area contributed by atoms with E-state index in [1.807, 2.05) is 32.8 Å². The Balaban J connectivity index is 2.77. The molecule has 1 heterocycles. The van der Waals surface area contributed by atoms with Gasteiger partial charge in [-0.25, -0.2) is 13.1 Å². The Morgan fingerprint density at radius 1 is 1.40 bits per heavy atom. The maximum Gasteiger partial charge on any atom is 0.242 e. The van der Waals surface area contributed by atoms with Gasteiger partial charge in [0.15, 0.2) is 0 Å². The van der Waals surface area contributed by atoms with Crippen LogP contribution in [0.25, 0.3) is 0 Å². The van der Waals surface area contributed by atoms with Crippen molar-refractivity contribution in [1.82, 2.24) is 14.2 Å². The van der Waals surface area contributed by atoms with Crippen molar-refractivity contribution in [2.45, 2.75) is 37.8 Å². The number of hydrogen-bond acceptors (Lipinski definition) is 4. The van der Waals surface area contributed by atoms with Crippen molar-refractivity contribution in [1.29, 1.82) is 0 Å². The average molecular weight is 303 g/mol. The number of hydrogen-bond donors (Lipinski definition) is 2. The molecule has 0 unspecified atom stereocenters. The molecule has 20 heavy (non-hydrogen) atoms. The van der Waals surface area contributed by atoms with Gasteiger partial charge in [0.25, 0.3) is 0 Å². The lowest BCUT2D eigenvalue weighted by Crippen LogP contribution is -2.27. The van der Waals surface area contributed by atoms with Gasteiger partial charge in [-0.1, -0.05) is 0 Å². The summed E-state index contributed by atoms with van der Waals surface area (Å²) in [6.45, 7) is 4.95. The Morgan fingerprint density at radius 3 is 2.50 bits per heavy atom. The maximum absolute atomic E-state index is 12.2. The predicted octanol–water partition coefficient (Wildman–Crippen LogP) is 0.791. The molecule has 6 nitrogen and oxygen atoms in total. The fraction of sp³-hybridized carbons (Fsp3) is 0.692. The van der Waals surface area contributed by atoms with Gasteiger partial charge in [0.05, 0.1) is 11.5 Å². The van der Waals surface area contributed by atoms with Gasteiger partial charge in [-0.05, 0) is 47.0 Å². The minimum absolute atomic E-state index is 0.106. The molecule has 2 N–H and O–H groups in total. The van der Waals surface area contributed by atoms with Crippen molar-refractivity contribution in [3.05, 3.63) is 18.0 Å². The van der Waals surface area contributed by atoms with Crippen LogP contribution in [0.2, 0.25) is 0 Å². The Morgan fingerprint density at radius 2 is 2.05 bits per heavy atom. The topological polar surface area (TPSA) is 74.6 Å². The van der Waals surface area contributed by atoms with Gasteiger partial charge in [-0.3, -0.25) is 0 Å². The van der Waals surface area contributed by atoms with Crippen LogP contribution in [-0.4, -0.2) is 50.2 Å². The molecule has 0 aliphatic carbocycles. The molecule has 0 saturated heterocycles. The zero-order valence-electron chi connectivity index (χ0n) is 12.6. The van der Waals surface area contributed by atoms with Crippen LogP contribution in [0.1, 0.15) is 32.0 Å².